The third-order valence-electron chi connectivity index (χ3n) is 4.53. The molecule has 28 heavy (non-hydrogen) atoms. The Hall–Kier alpha value is -1.49. The van der Waals surface area contributed by atoms with Crippen LogP contribution in [0.15, 0.2) is 28.6 Å². The number of aliphatic imine (C=N–C) groups is 1. The van der Waals surface area contributed by atoms with Gasteiger partial charge in [0.05, 0.1) is 22.9 Å². The van der Waals surface area contributed by atoms with Gasteiger partial charge in [-0.05, 0) is 12.1 Å². The number of hydrogen-bond donors (Lipinski definition) is 1. The Kier molecular flexibility index (Phi) is 8.41. The van der Waals surface area contributed by atoms with E-state index in [9.17, 15) is 8.78 Å². The molecule has 1 aliphatic heterocycles. The number of hydrogen-bond acceptors (Lipinski definition) is 4. The number of halogens is 3. The number of piperazine rings is 1. The standard InChI is InChI=1S/C19H25F2N5S.HI/c1-13(2)18-24-15(12-27-18)11-23-19(22-3)26-8-6-25(7-9-26)17-10-14(20)4-5-16(17)21;/h4-5,10,12-13H,6-9,11H2,1-3H3,(H,22,23);1H. The molecule has 154 valence electrons. The van der Waals surface area contributed by atoms with E-state index in [0.717, 1.165) is 22.7 Å². The van der Waals surface area contributed by atoms with Crippen LogP contribution in [0.4, 0.5) is 14.5 Å². The van der Waals surface area contributed by atoms with Crippen molar-refractivity contribution >= 4 is 47.0 Å². The number of nitrogens with zero attached hydrogens (tertiary/aromatic N) is 4. The van der Waals surface area contributed by atoms with Gasteiger partial charge in [0.2, 0.25) is 0 Å². The highest BCUT2D eigenvalue weighted by Gasteiger charge is 2.22. The fourth-order valence-electron chi connectivity index (χ4n) is 3.06. The Morgan fingerprint density at radius 1 is 1.25 bits per heavy atom. The van der Waals surface area contributed by atoms with E-state index in [1.54, 1.807) is 18.4 Å². The lowest BCUT2D eigenvalue weighted by molar-refractivity contribution is 0.370. The molecule has 0 unspecified atom stereocenters. The molecule has 0 amide bonds. The maximum Gasteiger partial charge on any atom is 0.194 e. The Bertz CT molecular complexity index is 803. The van der Waals surface area contributed by atoms with E-state index in [2.05, 4.69) is 39.4 Å². The van der Waals surface area contributed by atoms with Crippen molar-refractivity contribution in [2.75, 3.05) is 38.1 Å². The number of benzene rings is 1. The van der Waals surface area contributed by atoms with Crippen LogP contribution in [0.3, 0.4) is 0 Å². The first-order valence-corrected chi connectivity index (χ1v) is 9.95. The quantitative estimate of drug-likeness (QED) is 0.375. The van der Waals surface area contributed by atoms with Gasteiger partial charge in [-0.15, -0.1) is 35.3 Å². The summed E-state index contributed by atoms with van der Waals surface area (Å²) in [4.78, 5) is 13.0. The average molecular weight is 521 g/mol. The van der Waals surface area contributed by atoms with Gasteiger partial charge in [-0.2, -0.15) is 0 Å². The number of nitrogens with one attached hydrogen (secondary N) is 1. The minimum Gasteiger partial charge on any atom is -0.366 e. The van der Waals surface area contributed by atoms with Crippen LogP contribution in [-0.2, 0) is 6.54 Å². The highest BCUT2D eigenvalue weighted by molar-refractivity contribution is 14.0. The summed E-state index contributed by atoms with van der Waals surface area (Å²) in [5, 5.41) is 6.55. The lowest BCUT2D eigenvalue weighted by Crippen LogP contribution is -2.52. The van der Waals surface area contributed by atoms with Gasteiger partial charge < -0.3 is 15.1 Å². The highest BCUT2D eigenvalue weighted by Crippen LogP contribution is 2.22. The lowest BCUT2D eigenvalue weighted by Gasteiger charge is -2.37. The van der Waals surface area contributed by atoms with Gasteiger partial charge in [-0.3, -0.25) is 4.99 Å². The van der Waals surface area contributed by atoms with Crippen molar-refractivity contribution in [3.63, 3.8) is 0 Å². The summed E-state index contributed by atoms with van der Waals surface area (Å²) < 4.78 is 27.4. The third-order valence-corrected chi connectivity index (χ3v) is 5.73. The van der Waals surface area contributed by atoms with Crippen LogP contribution in [0.25, 0.3) is 0 Å². The largest absolute Gasteiger partial charge is 0.366 e. The fraction of sp³-hybridized carbons (Fsp3) is 0.474. The van der Waals surface area contributed by atoms with Crippen LogP contribution in [0.1, 0.15) is 30.5 Å². The van der Waals surface area contributed by atoms with Crippen molar-refractivity contribution in [2.45, 2.75) is 26.3 Å². The zero-order valence-corrected chi connectivity index (χ0v) is 19.4. The molecule has 0 saturated carbocycles. The Labute approximate surface area is 185 Å². The van der Waals surface area contributed by atoms with Gasteiger partial charge in [0.25, 0.3) is 0 Å². The van der Waals surface area contributed by atoms with Crippen LogP contribution >= 0.6 is 35.3 Å². The number of anilines is 1. The highest BCUT2D eigenvalue weighted by atomic mass is 127. The number of rotatable bonds is 4. The van der Waals surface area contributed by atoms with Crippen molar-refractivity contribution in [3.8, 4) is 0 Å². The SMILES string of the molecule is CN=C(NCc1csc(C(C)C)n1)N1CCN(c2cc(F)ccc2F)CC1.I. The van der Waals surface area contributed by atoms with Gasteiger partial charge in [0.15, 0.2) is 5.96 Å². The summed E-state index contributed by atoms with van der Waals surface area (Å²) >= 11 is 1.68. The summed E-state index contributed by atoms with van der Waals surface area (Å²) in [6.07, 6.45) is 0. The minimum absolute atomic E-state index is 0. The molecular formula is C19H26F2IN5S. The predicted octanol–water partition coefficient (Wildman–Crippen LogP) is 4.06. The average Bonchev–Trinajstić information content (AvgIpc) is 3.14. The van der Waals surface area contributed by atoms with Crippen LogP contribution in [-0.4, -0.2) is 49.1 Å². The van der Waals surface area contributed by atoms with Gasteiger partial charge in [-0.25, -0.2) is 13.8 Å². The first kappa shape index (κ1) is 22.8. The van der Waals surface area contributed by atoms with E-state index in [-0.39, 0.29) is 24.0 Å². The third kappa shape index (κ3) is 5.53. The molecule has 2 heterocycles. The van der Waals surface area contributed by atoms with Crippen molar-refractivity contribution in [3.05, 3.63) is 45.9 Å². The van der Waals surface area contributed by atoms with Crippen molar-refractivity contribution < 1.29 is 8.78 Å². The molecule has 0 spiro atoms. The van der Waals surface area contributed by atoms with E-state index < -0.39 is 11.6 Å². The van der Waals surface area contributed by atoms with Crippen LogP contribution in [0, 0.1) is 11.6 Å². The van der Waals surface area contributed by atoms with E-state index in [1.807, 2.05) is 4.90 Å². The van der Waals surface area contributed by atoms with E-state index in [0.29, 0.717) is 44.3 Å². The molecule has 3 rings (SSSR count). The molecule has 1 N–H and O–H groups in total. The van der Waals surface area contributed by atoms with Gasteiger partial charge in [0.1, 0.15) is 11.6 Å². The molecule has 1 aromatic heterocycles. The molecule has 0 atom stereocenters. The normalized spacial score (nSPS) is 15.0. The van der Waals surface area contributed by atoms with Gasteiger partial charge >= 0.3 is 0 Å². The minimum atomic E-state index is -0.421. The fourth-order valence-corrected chi connectivity index (χ4v) is 3.89. The zero-order chi connectivity index (χ0) is 19.4. The smallest absolute Gasteiger partial charge is 0.194 e. The Balaban J connectivity index is 0.00000280. The molecule has 1 saturated heterocycles. The second-order valence-corrected chi connectivity index (χ2v) is 7.69. The molecule has 1 fully saturated rings. The second-order valence-electron chi connectivity index (χ2n) is 6.80. The Morgan fingerprint density at radius 3 is 2.57 bits per heavy atom. The van der Waals surface area contributed by atoms with E-state index in [4.69, 9.17) is 0 Å². The van der Waals surface area contributed by atoms with Crippen molar-refractivity contribution in [1.29, 1.82) is 0 Å². The number of thiazole rings is 1. The summed E-state index contributed by atoms with van der Waals surface area (Å²) in [5.41, 5.74) is 1.33. The molecule has 2 aromatic rings. The first-order valence-electron chi connectivity index (χ1n) is 9.08. The molecule has 0 radical (unpaired) electrons. The zero-order valence-electron chi connectivity index (χ0n) is 16.3. The van der Waals surface area contributed by atoms with Crippen LogP contribution < -0.4 is 10.2 Å². The summed E-state index contributed by atoms with van der Waals surface area (Å²) in [6, 6.07) is 3.58. The van der Waals surface area contributed by atoms with E-state index in [1.165, 1.54) is 12.1 Å². The molecule has 9 heteroatoms. The maximum atomic E-state index is 14.0. The summed E-state index contributed by atoms with van der Waals surface area (Å²) in [7, 11) is 1.75. The molecular weight excluding hydrogens is 495 g/mol. The number of guanidine groups is 1. The number of aromatic nitrogens is 1. The van der Waals surface area contributed by atoms with Gasteiger partial charge in [0, 0.05) is 50.6 Å². The first-order chi connectivity index (χ1) is 13.0. The molecule has 1 aliphatic rings. The van der Waals surface area contributed by atoms with E-state index >= 15 is 0 Å². The maximum absolute atomic E-state index is 14.0. The lowest BCUT2D eigenvalue weighted by atomic mass is 10.2. The second kappa shape index (κ2) is 10.3. The summed E-state index contributed by atoms with van der Waals surface area (Å²) in [5.74, 6) is 0.417. The molecule has 0 bridgehead atoms. The summed E-state index contributed by atoms with van der Waals surface area (Å²) in [6.45, 7) is 7.47. The molecule has 0 aliphatic carbocycles. The van der Waals surface area contributed by atoms with Crippen LogP contribution in [0.2, 0.25) is 0 Å². The predicted molar refractivity (Wildman–Crippen MR) is 122 cm³/mol. The topological polar surface area (TPSA) is 43.8 Å². The van der Waals surface area contributed by atoms with Crippen molar-refractivity contribution in [2.24, 2.45) is 4.99 Å². The Morgan fingerprint density at radius 2 is 1.96 bits per heavy atom. The van der Waals surface area contributed by atoms with Crippen LogP contribution in [0.5, 0.6) is 0 Å². The molecule has 1 aromatic carbocycles. The molecule has 5 nitrogen and oxygen atoms in total. The van der Waals surface area contributed by atoms with Gasteiger partial charge in [-0.1, -0.05) is 13.8 Å². The monoisotopic (exact) mass is 521 g/mol. The van der Waals surface area contributed by atoms with Crippen molar-refractivity contribution in [1.82, 2.24) is 15.2 Å².